The van der Waals surface area contributed by atoms with Gasteiger partial charge in [-0.1, -0.05) is 76.0 Å². The van der Waals surface area contributed by atoms with Gasteiger partial charge in [-0.05, 0) is 44.2 Å². The van der Waals surface area contributed by atoms with Crippen LogP contribution in [0.5, 0.6) is 5.75 Å². The van der Waals surface area contributed by atoms with Gasteiger partial charge in [-0.3, -0.25) is 0 Å². The van der Waals surface area contributed by atoms with Gasteiger partial charge in [-0.2, -0.15) is 0 Å². The highest BCUT2D eigenvalue weighted by Gasteiger charge is 2.12. The number of ether oxygens (including phenoxy) is 1. The number of carbonyl (C=O) groups is 1. The molecule has 28 heavy (non-hydrogen) atoms. The molecule has 0 bridgehead atoms. The molecule has 1 aliphatic rings. The molecule has 0 aromatic heterocycles. The summed E-state index contributed by atoms with van der Waals surface area (Å²) in [5.74, 6) is 0.972. The Labute approximate surface area is 171 Å². The minimum atomic E-state index is -0.0239. The van der Waals surface area contributed by atoms with E-state index in [9.17, 15) is 4.79 Å². The van der Waals surface area contributed by atoms with Gasteiger partial charge < -0.3 is 15.4 Å². The van der Waals surface area contributed by atoms with Crippen molar-refractivity contribution in [3.05, 3.63) is 29.3 Å². The third-order valence-corrected chi connectivity index (χ3v) is 5.70. The maximum absolute atomic E-state index is 12.3. The van der Waals surface area contributed by atoms with Gasteiger partial charge in [0.05, 0.1) is 6.61 Å². The maximum Gasteiger partial charge on any atom is 0.315 e. The summed E-state index contributed by atoms with van der Waals surface area (Å²) in [5.41, 5.74) is 2.32. The number of rotatable bonds is 6. The van der Waals surface area contributed by atoms with Crippen molar-refractivity contribution in [2.24, 2.45) is 0 Å². The standard InChI is InChI=1S/C24H40N2O2/c1-20-14-12-15-21(2)23(20)28-19-13-18-25-24(27)26-22-16-10-8-6-4-3-5-7-9-11-17-22/h12,14-15,22H,3-11,13,16-19H2,1-2H3,(H2,25,26,27). The highest BCUT2D eigenvalue weighted by atomic mass is 16.5. The Hall–Kier alpha value is -1.71. The van der Waals surface area contributed by atoms with Crippen molar-refractivity contribution in [2.75, 3.05) is 13.2 Å². The Morgan fingerprint density at radius 1 is 0.929 bits per heavy atom. The van der Waals surface area contributed by atoms with Gasteiger partial charge in [0.1, 0.15) is 5.75 Å². The fraction of sp³-hybridized carbons (Fsp3) is 0.708. The molecule has 0 atom stereocenters. The van der Waals surface area contributed by atoms with E-state index in [1.54, 1.807) is 0 Å². The molecule has 0 saturated heterocycles. The zero-order valence-electron chi connectivity index (χ0n) is 18.0. The van der Waals surface area contributed by atoms with Gasteiger partial charge in [0, 0.05) is 12.6 Å². The third-order valence-electron chi connectivity index (χ3n) is 5.70. The fourth-order valence-electron chi connectivity index (χ4n) is 4.02. The van der Waals surface area contributed by atoms with Crippen molar-refractivity contribution in [3.63, 3.8) is 0 Å². The summed E-state index contributed by atoms with van der Waals surface area (Å²) < 4.78 is 5.91. The van der Waals surface area contributed by atoms with Crippen LogP contribution in [0.4, 0.5) is 4.79 Å². The van der Waals surface area contributed by atoms with Crippen molar-refractivity contribution >= 4 is 6.03 Å². The van der Waals surface area contributed by atoms with Crippen LogP contribution in [0.25, 0.3) is 0 Å². The predicted octanol–water partition coefficient (Wildman–Crippen LogP) is 6.04. The van der Waals surface area contributed by atoms with E-state index >= 15 is 0 Å². The average Bonchev–Trinajstić information content (AvgIpc) is 2.66. The largest absolute Gasteiger partial charge is 0.493 e. The SMILES string of the molecule is Cc1cccc(C)c1OCCCNC(=O)NC1CCCCCCCCCCC1. The molecule has 0 heterocycles. The number of benzene rings is 1. The lowest BCUT2D eigenvalue weighted by Crippen LogP contribution is -2.42. The van der Waals surface area contributed by atoms with Crippen LogP contribution in [0.1, 0.15) is 88.2 Å². The molecule has 1 saturated carbocycles. The number of nitrogens with one attached hydrogen (secondary N) is 2. The second kappa shape index (κ2) is 13.5. The zero-order chi connectivity index (χ0) is 20.0. The maximum atomic E-state index is 12.3. The Kier molecular flexibility index (Phi) is 10.9. The second-order valence-corrected chi connectivity index (χ2v) is 8.28. The van der Waals surface area contributed by atoms with Crippen LogP contribution in [0.2, 0.25) is 0 Å². The predicted molar refractivity (Wildman–Crippen MR) is 117 cm³/mol. The van der Waals surface area contributed by atoms with Crippen LogP contribution in [0.15, 0.2) is 18.2 Å². The molecule has 1 aromatic rings. The van der Waals surface area contributed by atoms with Gasteiger partial charge in [-0.25, -0.2) is 4.79 Å². The Morgan fingerprint density at radius 2 is 1.46 bits per heavy atom. The number of aryl methyl sites for hydroxylation is 2. The first-order valence-corrected chi connectivity index (χ1v) is 11.4. The molecule has 2 rings (SSSR count). The Balaban J connectivity index is 1.63. The zero-order valence-corrected chi connectivity index (χ0v) is 18.0. The van der Waals surface area contributed by atoms with E-state index in [1.807, 2.05) is 6.07 Å². The van der Waals surface area contributed by atoms with Crippen LogP contribution in [0.3, 0.4) is 0 Å². The van der Waals surface area contributed by atoms with Crippen molar-refractivity contribution in [1.82, 2.24) is 10.6 Å². The second-order valence-electron chi connectivity index (χ2n) is 8.28. The average molecular weight is 389 g/mol. The van der Waals surface area contributed by atoms with E-state index in [2.05, 4.69) is 36.6 Å². The van der Waals surface area contributed by atoms with Gasteiger partial charge in [0.2, 0.25) is 0 Å². The summed E-state index contributed by atoms with van der Waals surface area (Å²) in [6.45, 7) is 5.40. The normalized spacial score (nSPS) is 17.2. The monoisotopic (exact) mass is 388 g/mol. The van der Waals surface area contributed by atoms with Gasteiger partial charge in [0.25, 0.3) is 0 Å². The van der Waals surface area contributed by atoms with Gasteiger partial charge in [0.15, 0.2) is 0 Å². The quantitative estimate of drug-likeness (QED) is 0.583. The first-order chi connectivity index (χ1) is 13.7. The molecule has 2 amide bonds. The molecule has 2 N–H and O–H groups in total. The number of hydrogen-bond acceptors (Lipinski definition) is 2. The Morgan fingerprint density at radius 3 is 2.04 bits per heavy atom. The lowest BCUT2D eigenvalue weighted by Gasteiger charge is -2.20. The minimum Gasteiger partial charge on any atom is -0.493 e. The van der Waals surface area contributed by atoms with Crippen molar-refractivity contribution in [3.8, 4) is 5.75 Å². The van der Waals surface area contributed by atoms with E-state index in [0.717, 1.165) is 36.1 Å². The highest BCUT2D eigenvalue weighted by molar-refractivity contribution is 5.74. The van der Waals surface area contributed by atoms with E-state index in [1.165, 1.54) is 57.8 Å². The summed E-state index contributed by atoms with van der Waals surface area (Å²) in [6, 6.07) is 6.48. The lowest BCUT2D eigenvalue weighted by molar-refractivity contribution is 0.232. The van der Waals surface area contributed by atoms with E-state index in [-0.39, 0.29) is 6.03 Å². The van der Waals surface area contributed by atoms with Gasteiger partial charge in [-0.15, -0.1) is 0 Å². The third kappa shape index (κ3) is 8.99. The molecule has 0 unspecified atom stereocenters. The molecule has 0 radical (unpaired) electrons. The molecule has 0 spiro atoms. The minimum absolute atomic E-state index is 0.0239. The molecule has 4 heteroatoms. The van der Waals surface area contributed by atoms with Crippen molar-refractivity contribution < 1.29 is 9.53 Å². The highest BCUT2D eigenvalue weighted by Crippen LogP contribution is 2.22. The van der Waals surface area contributed by atoms with E-state index in [4.69, 9.17) is 4.74 Å². The molecule has 4 nitrogen and oxygen atoms in total. The number of para-hydroxylation sites is 1. The molecule has 1 aliphatic carbocycles. The number of hydrogen-bond donors (Lipinski definition) is 2. The molecule has 158 valence electrons. The summed E-state index contributed by atoms with van der Waals surface area (Å²) in [6.07, 6.45) is 15.0. The molecule has 1 aromatic carbocycles. The van der Waals surface area contributed by atoms with Crippen LogP contribution in [-0.4, -0.2) is 25.2 Å². The van der Waals surface area contributed by atoms with Crippen LogP contribution < -0.4 is 15.4 Å². The number of amides is 2. The number of urea groups is 1. The summed E-state index contributed by atoms with van der Waals surface area (Å²) in [4.78, 5) is 12.3. The van der Waals surface area contributed by atoms with Crippen LogP contribution in [0, 0.1) is 13.8 Å². The fourth-order valence-corrected chi connectivity index (χ4v) is 4.02. The topological polar surface area (TPSA) is 50.4 Å². The molecule has 1 fully saturated rings. The molecular formula is C24H40N2O2. The van der Waals surface area contributed by atoms with Crippen LogP contribution in [-0.2, 0) is 0 Å². The van der Waals surface area contributed by atoms with Crippen molar-refractivity contribution in [2.45, 2.75) is 96.9 Å². The molecule has 0 aliphatic heterocycles. The lowest BCUT2D eigenvalue weighted by atomic mass is 9.98. The van der Waals surface area contributed by atoms with Crippen LogP contribution >= 0.6 is 0 Å². The van der Waals surface area contributed by atoms with Gasteiger partial charge >= 0.3 is 6.03 Å². The first-order valence-electron chi connectivity index (χ1n) is 11.4. The van der Waals surface area contributed by atoms with E-state index < -0.39 is 0 Å². The first kappa shape index (κ1) is 22.6. The Bertz CT molecular complexity index is 541. The number of carbonyl (C=O) groups excluding carboxylic acids is 1. The molecular weight excluding hydrogens is 348 g/mol. The summed E-state index contributed by atoms with van der Waals surface area (Å²) >= 11 is 0. The van der Waals surface area contributed by atoms with E-state index in [0.29, 0.717) is 19.2 Å². The summed E-state index contributed by atoms with van der Waals surface area (Å²) in [5, 5.41) is 6.21. The van der Waals surface area contributed by atoms with Crippen molar-refractivity contribution in [1.29, 1.82) is 0 Å². The summed E-state index contributed by atoms with van der Waals surface area (Å²) in [7, 11) is 0. The smallest absolute Gasteiger partial charge is 0.315 e.